The second kappa shape index (κ2) is 12.5. The maximum absolute atomic E-state index is 12.7. The number of carbonyl (C=O) groups excluding carboxylic acids is 4. The number of H-pyrrole nitrogens is 1. The van der Waals surface area contributed by atoms with E-state index in [0.717, 1.165) is 0 Å². The van der Waals surface area contributed by atoms with E-state index in [1.807, 2.05) is 0 Å². The van der Waals surface area contributed by atoms with Crippen LogP contribution in [0.4, 0.5) is 0 Å². The van der Waals surface area contributed by atoms with E-state index in [2.05, 4.69) is 38.5 Å². The molecule has 0 radical (unpaired) electrons. The molecule has 0 aliphatic carbocycles. The van der Waals surface area contributed by atoms with E-state index in [0.29, 0.717) is 5.69 Å². The predicted octanol–water partition coefficient (Wildman–Crippen LogP) is -4.38. The number of nitrogens with two attached hydrogens (primary N) is 2. The smallest absolute Gasteiger partial charge is 0.327 e. The summed E-state index contributed by atoms with van der Waals surface area (Å²) in [5, 5.41) is 25.2. The number of rotatable bonds is 13. The highest BCUT2D eigenvalue weighted by Gasteiger charge is 2.30. The number of aliphatic carboxylic acids is 1. The molecule has 4 amide bonds. The molecule has 31 heavy (non-hydrogen) atoms. The van der Waals surface area contributed by atoms with Crippen molar-refractivity contribution in [3.05, 3.63) is 18.2 Å². The molecule has 0 spiro atoms. The van der Waals surface area contributed by atoms with E-state index in [1.165, 1.54) is 12.5 Å². The first-order valence-corrected chi connectivity index (χ1v) is 9.59. The molecule has 10 N–H and O–H groups in total. The minimum Gasteiger partial charge on any atom is -0.480 e. The molecular weight excluding hydrogens is 434 g/mol. The predicted molar refractivity (Wildman–Crippen MR) is 108 cm³/mol. The van der Waals surface area contributed by atoms with Crippen LogP contribution >= 0.6 is 12.6 Å². The third-order valence-corrected chi connectivity index (χ3v) is 4.35. The fraction of sp³-hybridized carbons (Fsp3) is 0.500. The van der Waals surface area contributed by atoms with Crippen LogP contribution in [0.5, 0.6) is 0 Å². The van der Waals surface area contributed by atoms with Crippen LogP contribution in [0.3, 0.4) is 0 Å². The summed E-state index contributed by atoms with van der Waals surface area (Å²) in [6.45, 7) is -0.845. The molecule has 0 aliphatic heterocycles. The SMILES string of the molecule is NC(=O)CC(N)C(=O)NC(Cc1cnc[nH]1)C(=O)NC(CO)C(=O)NC(CS)C(=O)O. The van der Waals surface area contributed by atoms with Gasteiger partial charge in [0.15, 0.2) is 0 Å². The van der Waals surface area contributed by atoms with E-state index in [1.54, 1.807) is 0 Å². The highest BCUT2D eigenvalue weighted by Crippen LogP contribution is 2.02. The van der Waals surface area contributed by atoms with Gasteiger partial charge in [0.05, 0.1) is 25.4 Å². The van der Waals surface area contributed by atoms with Crippen molar-refractivity contribution >= 4 is 42.2 Å². The maximum atomic E-state index is 12.7. The number of imidazole rings is 1. The molecule has 14 nitrogen and oxygen atoms in total. The molecule has 0 saturated carbocycles. The zero-order valence-electron chi connectivity index (χ0n) is 16.3. The second-order valence-corrected chi connectivity index (χ2v) is 6.81. The van der Waals surface area contributed by atoms with Crippen molar-refractivity contribution in [3.63, 3.8) is 0 Å². The number of hydrogen-bond acceptors (Lipinski definition) is 9. The zero-order valence-corrected chi connectivity index (χ0v) is 17.2. The number of nitrogens with one attached hydrogen (secondary N) is 4. The molecule has 0 saturated heterocycles. The molecule has 0 aliphatic rings. The fourth-order valence-corrected chi connectivity index (χ4v) is 2.59. The number of aromatic nitrogens is 2. The number of hydrogen-bond donors (Lipinski definition) is 9. The van der Waals surface area contributed by atoms with Crippen LogP contribution in [0.1, 0.15) is 12.1 Å². The molecule has 1 aromatic heterocycles. The van der Waals surface area contributed by atoms with Crippen LogP contribution < -0.4 is 27.4 Å². The monoisotopic (exact) mass is 459 g/mol. The van der Waals surface area contributed by atoms with Gasteiger partial charge >= 0.3 is 5.97 Å². The van der Waals surface area contributed by atoms with Crippen molar-refractivity contribution < 1.29 is 34.2 Å². The van der Waals surface area contributed by atoms with Gasteiger partial charge in [0.2, 0.25) is 23.6 Å². The second-order valence-electron chi connectivity index (χ2n) is 6.44. The van der Waals surface area contributed by atoms with E-state index < -0.39 is 66.8 Å². The number of aliphatic hydroxyl groups excluding tert-OH is 1. The summed E-state index contributed by atoms with van der Waals surface area (Å²) in [5.41, 5.74) is 11.0. The Bertz CT molecular complexity index is 789. The van der Waals surface area contributed by atoms with Crippen LogP contribution in [-0.2, 0) is 30.4 Å². The first kappa shape index (κ1) is 25.9. The van der Waals surface area contributed by atoms with Gasteiger partial charge in [-0.25, -0.2) is 9.78 Å². The molecule has 1 aromatic rings. The Balaban J connectivity index is 2.91. The Morgan fingerprint density at radius 3 is 2.13 bits per heavy atom. The molecule has 4 atom stereocenters. The summed E-state index contributed by atoms with van der Waals surface area (Å²) < 4.78 is 0. The number of aliphatic hydroxyl groups is 1. The van der Waals surface area contributed by atoms with Crippen LogP contribution in [0.25, 0.3) is 0 Å². The number of nitrogens with zero attached hydrogens (tertiary/aromatic N) is 1. The Kier molecular flexibility index (Phi) is 10.4. The Morgan fingerprint density at radius 1 is 1.06 bits per heavy atom. The van der Waals surface area contributed by atoms with Crippen LogP contribution in [0.15, 0.2) is 12.5 Å². The van der Waals surface area contributed by atoms with Crippen molar-refractivity contribution in [2.24, 2.45) is 11.5 Å². The van der Waals surface area contributed by atoms with Crippen molar-refractivity contribution in [1.29, 1.82) is 0 Å². The summed E-state index contributed by atoms with van der Waals surface area (Å²) in [5.74, 6) is -5.06. The van der Waals surface area contributed by atoms with Crippen molar-refractivity contribution in [2.45, 2.75) is 37.0 Å². The van der Waals surface area contributed by atoms with Crippen LogP contribution in [0.2, 0.25) is 0 Å². The largest absolute Gasteiger partial charge is 0.480 e. The number of aromatic amines is 1. The average Bonchev–Trinajstić information content (AvgIpc) is 3.21. The third-order valence-electron chi connectivity index (χ3n) is 3.98. The zero-order chi connectivity index (χ0) is 23.6. The Hall–Kier alpha value is -3.17. The molecule has 1 heterocycles. The third kappa shape index (κ3) is 8.61. The van der Waals surface area contributed by atoms with Crippen molar-refractivity contribution in [1.82, 2.24) is 25.9 Å². The van der Waals surface area contributed by atoms with Crippen LogP contribution in [-0.4, -0.2) is 86.3 Å². The highest BCUT2D eigenvalue weighted by atomic mass is 32.1. The molecule has 0 bridgehead atoms. The Labute approximate surface area is 181 Å². The topological polar surface area (TPSA) is 243 Å². The number of primary amides is 1. The van der Waals surface area contributed by atoms with Gasteiger partial charge in [-0.2, -0.15) is 12.6 Å². The molecule has 0 aromatic carbocycles. The average molecular weight is 459 g/mol. The lowest BCUT2D eigenvalue weighted by atomic mass is 10.1. The lowest BCUT2D eigenvalue weighted by Gasteiger charge is -2.23. The minimum absolute atomic E-state index is 0.0883. The first-order valence-electron chi connectivity index (χ1n) is 8.95. The van der Waals surface area contributed by atoms with Gasteiger partial charge in [0, 0.05) is 24.1 Å². The summed E-state index contributed by atoms with van der Waals surface area (Å²) in [6.07, 6.45) is 2.20. The molecule has 4 unspecified atom stereocenters. The van der Waals surface area contributed by atoms with E-state index >= 15 is 0 Å². The van der Waals surface area contributed by atoms with E-state index in [-0.39, 0.29) is 12.2 Å². The van der Waals surface area contributed by atoms with Gasteiger partial charge in [-0.15, -0.1) is 0 Å². The standard InChI is InChI=1S/C16H25N7O7S/c17-8(2-12(18)25)13(26)21-9(1-7-3-19-6-20-7)14(27)22-10(4-24)15(28)23-11(5-31)16(29)30/h3,6,8-11,24,31H,1-2,4-5,17H2,(H2,18,25)(H,19,20)(H,21,26)(H,22,27)(H,23,28)(H,29,30). The molecule has 1 rings (SSSR count). The maximum Gasteiger partial charge on any atom is 0.327 e. The normalized spacial score (nSPS) is 14.5. The summed E-state index contributed by atoms with van der Waals surface area (Å²) in [7, 11) is 0. The quantitative estimate of drug-likeness (QED) is 0.129. The van der Waals surface area contributed by atoms with Crippen molar-refractivity contribution in [3.8, 4) is 0 Å². The van der Waals surface area contributed by atoms with Crippen LogP contribution in [0, 0.1) is 0 Å². The fourth-order valence-electron chi connectivity index (χ4n) is 2.34. The molecule has 172 valence electrons. The minimum atomic E-state index is -1.50. The summed E-state index contributed by atoms with van der Waals surface area (Å²) >= 11 is 3.81. The highest BCUT2D eigenvalue weighted by molar-refractivity contribution is 7.80. The molecular formula is C16H25N7O7S. The molecule has 15 heteroatoms. The first-order chi connectivity index (χ1) is 14.6. The molecule has 0 fully saturated rings. The van der Waals surface area contributed by atoms with Crippen molar-refractivity contribution in [2.75, 3.05) is 12.4 Å². The number of thiol groups is 1. The van der Waals surface area contributed by atoms with Gasteiger partial charge < -0.3 is 42.6 Å². The van der Waals surface area contributed by atoms with Gasteiger partial charge in [0.1, 0.15) is 18.1 Å². The number of carboxylic acids is 1. The van der Waals surface area contributed by atoms with E-state index in [9.17, 15) is 29.1 Å². The van der Waals surface area contributed by atoms with Gasteiger partial charge in [0.25, 0.3) is 0 Å². The Morgan fingerprint density at radius 2 is 1.65 bits per heavy atom. The number of carboxylic acid groups (broad SMARTS) is 1. The van der Waals surface area contributed by atoms with Gasteiger partial charge in [-0.3, -0.25) is 19.2 Å². The lowest BCUT2D eigenvalue weighted by molar-refractivity contribution is -0.142. The van der Waals surface area contributed by atoms with E-state index in [4.69, 9.17) is 16.6 Å². The van der Waals surface area contributed by atoms with Gasteiger partial charge in [-0.05, 0) is 0 Å². The summed E-state index contributed by atoms with van der Waals surface area (Å²) in [6, 6.07) is -5.42. The number of amides is 4. The number of carbonyl (C=O) groups is 5. The lowest BCUT2D eigenvalue weighted by Crippen LogP contribution is -2.59. The van der Waals surface area contributed by atoms with Gasteiger partial charge in [-0.1, -0.05) is 0 Å². The summed E-state index contributed by atoms with van der Waals surface area (Å²) in [4.78, 5) is 65.7.